The summed E-state index contributed by atoms with van der Waals surface area (Å²) in [5, 5.41) is 2.85. The van der Waals surface area contributed by atoms with Crippen molar-refractivity contribution in [3.8, 4) is 11.1 Å². The van der Waals surface area contributed by atoms with E-state index < -0.39 is 0 Å². The lowest BCUT2D eigenvalue weighted by molar-refractivity contribution is 0.569. The molecule has 0 saturated heterocycles. The predicted octanol–water partition coefficient (Wildman–Crippen LogP) is 9.61. The molecule has 0 aliphatic heterocycles. The van der Waals surface area contributed by atoms with Gasteiger partial charge in [0.05, 0.1) is 0 Å². The fraction of sp³-hybridized carbons (Fsp3) is 0.400. The molecule has 0 fully saturated rings. The first-order chi connectivity index (χ1) is 14.3. The summed E-state index contributed by atoms with van der Waals surface area (Å²) in [6, 6.07) is 20.9. The van der Waals surface area contributed by atoms with E-state index >= 15 is 0 Å². The molecule has 0 saturated carbocycles. The van der Waals surface area contributed by atoms with Crippen LogP contribution in [0, 0.1) is 0 Å². The highest BCUT2D eigenvalue weighted by molar-refractivity contribution is 7.26. The van der Waals surface area contributed by atoms with Gasteiger partial charge in [0.2, 0.25) is 0 Å². The van der Waals surface area contributed by atoms with Gasteiger partial charge in [-0.2, -0.15) is 0 Å². The Labute approximate surface area is 192 Å². The molecule has 4 rings (SSSR count). The highest BCUT2D eigenvalue weighted by Gasteiger charge is 2.24. The third kappa shape index (κ3) is 4.05. The molecular formula is C30H36S. The number of fused-ring (bicyclic) bond motifs is 3. The van der Waals surface area contributed by atoms with Gasteiger partial charge in [-0.15, -0.1) is 11.3 Å². The summed E-state index contributed by atoms with van der Waals surface area (Å²) in [6.45, 7) is 20.9. The highest BCUT2D eigenvalue weighted by Crippen LogP contribution is 2.45. The van der Waals surface area contributed by atoms with Gasteiger partial charge in [0.1, 0.15) is 0 Å². The molecule has 0 spiro atoms. The summed E-state index contributed by atoms with van der Waals surface area (Å²) in [6.07, 6.45) is 0. The Morgan fingerprint density at radius 2 is 1.06 bits per heavy atom. The molecule has 1 aromatic heterocycles. The van der Waals surface area contributed by atoms with Gasteiger partial charge in [0, 0.05) is 20.2 Å². The number of benzene rings is 3. The number of hydrogen-bond acceptors (Lipinski definition) is 1. The zero-order valence-electron chi connectivity index (χ0n) is 20.6. The van der Waals surface area contributed by atoms with Crippen molar-refractivity contribution in [1.29, 1.82) is 0 Å². The molecule has 1 heteroatoms. The molecule has 0 atom stereocenters. The lowest BCUT2D eigenvalue weighted by atomic mass is 9.78. The predicted molar refractivity (Wildman–Crippen MR) is 141 cm³/mol. The fourth-order valence-electron chi connectivity index (χ4n) is 4.38. The zero-order valence-corrected chi connectivity index (χ0v) is 21.4. The molecular weight excluding hydrogens is 392 g/mol. The fourth-order valence-corrected chi connectivity index (χ4v) is 5.54. The van der Waals surface area contributed by atoms with Gasteiger partial charge in [-0.25, -0.2) is 0 Å². The van der Waals surface area contributed by atoms with E-state index in [1.165, 1.54) is 48.0 Å². The van der Waals surface area contributed by atoms with Gasteiger partial charge >= 0.3 is 0 Å². The van der Waals surface area contributed by atoms with Crippen LogP contribution in [0.25, 0.3) is 31.3 Å². The van der Waals surface area contributed by atoms with Crippen molar-refractivity contribution in [1.82, 2.24) is 0 Å². The van der Waals surface area contributed by atoms with Crippen molar-refractivity contribution in [2.24, 2.45) is 0 Å². The van der Waals surface area contributed by atoms with E-state index in [1.807, 2.05) is 11.3 Å². The third-order valence-corrected chi connectivity index (χ3v) is 7.43. The molecule has 0 radical (unpaired) electrons. The Morgan fingerprint density at radius 3 is 1.58 bits per heavy atom. The van der Waals surface area contributed by atoms with Gasteiger partial charge in [-0.3, -0.25) is 0 Å². The van der Waals surface area contributed by atoms with E-state index in [2.05, 4.69) is 117 Å². The lowest BCUT2D eigenvalue weighted by Crippen LogP contribution is -2.16. The molecule has 1 heterocycles. The minimum Gasteiger partial charge on any atom is -0.135 e. The van der Waals surface area contributed by atoms with Gasteiger partial charge in [-0.1, -0.05) is 105 Å². The molecule has 0 unspecified atom stereocenters. The molecule has 0 N–H and O–H groups in total. The van der Waals surface area contributed by atoms with E-state index in [0.29, 0.717) is 0 Å². The second-order valence-corrected chi connectivity index (χ2v) is 13.1. The minimum absolute atomic E-state index is 0.102. The van der Waals surface area contributed by atoms with E-state index in [9.17, 15) is 0 Å². The summed E-state index contributed by atoms with van der Waals surface area (Å²) in [5.74, 6) is 0. The summed E-state index contributed by atoms with van der Waals surface area (Å²) in [7, 11) is 0. The monoisotopic (exact) mass is 428 g/mol. The van der Waals surface area contributed by atoms with Crippen LogP contribution in [0.2, 0.25) is 0 Å². The molecule has 162 valence electrons. The largest absolute Gasteiger partial charge is 0.135 e. The smallest absolute Gasteiger partial charge is 0.0361 e. The summed E-state index contributed by atoms with van der Waals surface area (Å²) >= 11 is 1.92. The Bertz CT molecular complexity index is 1230. The Kier molecular flexibility index (Phi) is 5.13. The Morgan fingerprint density at radius 1 is 0.548 bits per heavy atom. The van der Waals surface area contributed by atoms with Crippen LogP contribution in [-0.2, 0) is 16.2 Å². The van der Waals surface area contributed by atoms with Crippen molar-refractivity contribution in [3.05, 3.63) is 71.3 Å². The first kappa shape index (κ1) is 22.1. The first-order valence-electron chi connectivity index (χ1n) is 11.4. The van der Waals surface area contributed by atoms with Crippen LogP contribution in [0.5, 0.6) is 0 Å². The topological polar surface area (TPSA) is 0 Å². The number of hydrogen-bond donors (Lipinski definition) is 0. The average Bonchev–Trinajstić information content (AvgIpc) is 3.04. The quantitative estimate of drug-likeness (QED) is 0.283. The molecule has 0 aliphatic carbocycles. The van der Waals surface area contributed by atoms with Crippen molar-refractivity contribution >= 4 is 31.5 Å². The van der Waals surface area contributed by atoms with E-state index in [4.69, 9.17) is 0 Å². The van der Waals surface area contributed by atoms with E-state index in [0.717, 1.165) is 0 Å². The van der Waals surface area contributed by atoms with Crippen LogP contribution in [0.4, 0.5) is 0 Å². The standard InChI is InChI=1S/C30H36S/c1-28(2,3)20-16-19(17-21(18-20)29(4,5)6)22-12-10-14-24-26(22)27-23(30(7,8)9)13-11-15-25(27)31-24/h10-18H,1-9H3. The maximum Gasteiger partial charge on any atom is 0.0361 e. The summed E-state index contributed by atoms with van der Waals surface area (Å²) < 4.78 is 2.76. The van der Waals surface area contributed by atoms with Crippen LogP contribution in [-0.4, -0.2) is 0 Å². The zero-order chi connectivity index (χ0) is 22.8. The maximum atomic E-state index is 2.42. The van der Waals surface area contributed by atoms with Crippen molar-refractivity contribution in [3.63, 3.8) is 0 Å². The lowest BCUT2D eigenvalue weighted by Gasteiger charge is -2.26. The SMILES string of the molecule is CC(C)(C)c1cc(-c2cccc3sc4cccc(C(C)(C)C)c4c23)cc(C(C)(C)C)c1. The van der Waals surface area contributed by atoms with Crippen molar-refractivity contribution < 1.29 is 0 Å². The van der Waals surface area contributed by atoms with E-state index in [1.54, 1.807) is 0 Å². The second-order valence-electron chi connectivity index (χ2n) is 12.0. The molecule has 0 aliphatic rings. The summed E-state index contributed by atoms with van der Waals surface area (Å²) in [5.41, 5.74) is 7.26. The van der Waals surface area contributed by atoms with E-state index in [-0.39, 0.29) is 16.2 Å². The Balaban J connectivity index is 2.12. The van der Waals surface area contributed by atoms with Crippen LogP contribution in [0.15, 0.2) is 54.6 Å². The van der Waals surface area contributed by atoms with Gasteiger partial charge in [0.25, 0.3) is 0 Å². The molecule has 31 heavy (non-hydrogen) atoms. The molecule has 0 bridgehead atoms. The highest BCUT2D eigenvalue weighted by atomic mass is 32.1. The molecule has 0 nitrogen and oxygen atoms in total. The second kappa shape index (κ2) is 7.20. The van der Waals surface area contributed by atoms with Crippen molar-refractivity contribution in [2.75, 3.05) is 0 Å². The molecule has 0 amide bonds. The van der Waals surface area contributed by atoms with Gasteiger partial charge in [0.15, 0.2) is 0 Å². The van der Waals surface area contributed by atoms with Crippen LogP contribution in [0.1, 0.15) is 79.0 Å². The third-order valence-electron chi connectivity index (χ3n) is 6.31. The summed E-state index contributed by atoms with van der Waals surface area (Å²) in [4.78, 5) is 0. The molecule has 3 aromatic carbocycles. The maximum absolute atomic E-state index is 2.42. The number of rotatable bonds is 1. The first-order valence-corrected chi connectivity index (χ1v) is 12.2. The van der Waals surface area contributed by atoms with Gasteiger partial charge in [-0.05, 0) is 56.2 Å². The van der Waals surface area contributed by atoms with Crippen LogP contribution >= 0.6 is 11.3 Å². The molecule has 4 aromatic rings. The minimum atomic E-state index is 0.102. The average molecular weight is 429 g/mol. The van der Waals surface area contributed by atoms with Crippen LogP contribution < -0.4 is 0 Å². The van der Waals surface area contributed by atoms with Crippen molar-refractivity contribution in [2.45, 2.75) is 78.6 Å². The van der Waals surface area contributed by atoms with Crippen LogP contribution in [0.3, 0.4) is 0 Å². The number of thiophene rings is 1. The van der Waals surface area contributed by atoms with Gasteiger partial charge < -0.3 is 0 Å². The Hall–Kier alpha value is -2.12. The normalized spacial score (nSPS) is 13.3.